The average molecular weight is 223 g/mol. The molecule has 0 saturated carbocycles. The Morgan fingerprint density at radius 1 is 1.53 bits per heavy atom. The van der Waals surface area contributed by atoms with Crippen molar-refractivity contribution in [2.75, 3.05) is 5.32 Å². The SMILES string of the molecule is O=C(Nc1nnns1)c1ncccc1O. The molecule has 2 aromatic heterocycles. The Morgan fingerprint density at radius 3 is 3.07 bits per heavy atom. The van der Waals surface area contributed by atoms with Crippen molar-refractivity contribution in [2.45, 2.75) is 0 Å². The highest BCUT2D eigenvalue weighted by Gasteiger charge is 2.13. The molecule has 2 rings (SSSR count). The summed E-state index contributed by atoms with van der Waals surface area (Å²) in [5.41, 5.74) is -0.0623. The van der Waals surface area contributed by atoms with Crippen molar-refractivity contribution in [1.82, 2.24) is 19.8 Å². The minimum Gasteiger partial charge on any atom is -0.505 e. The van der Waals surface area contributed by atoms with Crippen LogP contribution in [0.2, 0.25) is 0 Å². The summed E-state index contributed by atoms with van der Waals surface area (Å²) in [7, 11) is 0. The third-order valence-corrected chi connectivity index (χ3v) is 2.03. The van der Waals surface area contributed by atoms with Crippen LogP contribution in [0.4, 0.5) is 5.13 Å². The van der Waals surface area contributed by atoms with Crippen molar-refractivity contribution < 1.29 is 9.90 Å². The standard InChI is InChI=1S/C7H5N5O2S/c13-4-2-1-3-8-5(4)6(14)9-7-10-11-12-15-7/h1-3,13H,(H,9,10,12,14). The summed E-state index contributed by atoms with van der Waals surface area (Å²) < 4.78 is 3.47. The van der Waals surface area contributed by atoms with Crippen LogP contribution in [0.25, 0.3) is 0 Å². The van der Waals surface area contributed by atoms with Crippen LogP contribution >= 0.6 is 11.5 Å². The molecule has 0 aromatic carbocycles. The van der Waals surface area contributed by atoms with Gasteiger partial charge in [0.15, 0.2) is 5.69 Å². The maximum Gasteiger partial charge on any atom is 0.279 e. The fourth-order valence-corrected chi connectivity index (χ4v) is 1.27. The molecular weight excluding hydrogens is 218 g/mol. The summed E-state index contributed by atoms with van der Waals surface area (Å²) in [6, 6.07) is 2.90. The number of nitrogens with one attached hydrogen (secondary N) is 1. The number of rotatable bonds is 2. The highest BCUT2D eigenvalue weighted by atomic mass is 32.1. The first-order valence-corrected chi connectivity index (χ1v) is 4.65. The Kier molecular flexibility index (Phi) is 2.50. The van der Waals surface area contributed by atoms with Gasteiger partial charge in [0.1, 0.15) is 5.75 Å². The van der Waals surface area contributed by atoms with Crippen molar-refractivity contribution in [3.63, 3.8) is 0 Å². The monoisotopic (exact) mass is 223 g/mol. The molecule has 15 heavy (non-hydrogen) atoms. The Hall–Kier alpha value is -2.09. The predicted octanol–water partition coefficient (Wildman–Crippen LogP) is 0.286. The maximum absolute atomic E-state index is 11.5. The molecule has 76 valence electrons. The second-order valence-electron chi connectivity index (χ2n) is 2.49. The van der Waals surface area contributed by atoms with E-state index >= 15 is 0 Å². The number of anilines is 1. The molecule has 0 aliphatic heterocycles. The summed E-state index contributed by atoms with van der Waals surface area (Å²) in [4.78, 5) is 15.2. The molecule has 0 aliphatic carbocycles. The van der Waals surface area contributed by atoms with E-state index in [0.29, 0.717) is 0 Å². The lowest BCUT2D eigenvalue weighted by atomic mass is 10.3. The van der Waals surface area contributed by atoms with Crippen molar-refractivity contribution in [1.29, 1.82) is 0 Å². The number of nitrogens with zero attached hydrogens (tertiary/aromatic N) is 4. The predicted molar refractivity (Wildman–Crippen MR) is 51.6 cm³/mol. The third-order valence-electron chi connectivity index (χ3n) is 1.52. The second-order valence-corrected chi connectivity index (χ2v) is 3.23. The van der Waals surface area contributed by atoms with Crippen LogP contribution in [-0.2, 0) is 0 Å². The van der Waals surface area contributed by atoms with Crippen molar-refractivity contribution in [3.05, 3.63) is 24.0 Å². The van der Waals surface area contributed by atoms with Gasteiger partial charge >= 0.3 is 0 Å². The van der Waals surface area contributed by atoms with Crippen LogP contribution in [0.3, 0.4) is 0 Å². The lowest BCUT2D eigenvalue weighted by molar-refractivity contribution is 0.101. The number of aromatic nitrogens is 4. The Morgan fingerprint density at radius 2 is 2.40 bits per heavy atom. The van der Waals surface area contributed by atoms with E-state index in [4.69, 9.17) is 0 Å². The van der Waals surface area contributed by atoms with Gasteiger partial charge in [0, 0.05) is 17.7 Å². The number of amides is 1. The van der Waals surface area contributed by atoms with Crippen LogP contribution in [0.1, 0.15) is 10.5 Å². The van der Waals surface area contributed by atoms with Crippen LogP contribution in [0.5, 0.6) is 5.75 Å². The molecule has 2 aromatic rings. The van der Waals surface area contributed by atoms with Crippen LogP contribution in [-0.4, -0.2) is 30.8 Å². The van der Waals surface area contributed by atoms with Gasteiger partial charge in [-0.15, -0.1) is 0 Å². The zero-order chi connectivity index (χ0) is 10.7. The minimum atomic E-state index is -0.549. The largest absolute Gasteiger partial charge is 0.505 e. The number of carbonyl (C=O) groups excluding carboxylic acids is 1. The smallest absolute Gasteiger partial charge is 0.279 e. The topological polar surface area (TPSA) is 101 Å². The van der Waals surface area contributed by atoms with Crippen molar-refractivity contribution >= 4 is 22.6 Å². The summed E-state index contributed by atoms with van der Waals surface area (Å²) in [6.45, 7) is 0. The molecule has 2 heterocycles. The van der Waals surface area contributed by atoms with Gasteiger partial charge in [-0.05, 0) is 17.3 Å². The van der Waals surface area contributed by atoms with E-state index in [-0.39, 0.29) is 16.6 Å². The van der Waals surface area contributed by atoms with E-state index in [1.54, 1.807) is 0 Å². The molecule has 2 N–H and O–H groups in total. The fourth-order valence-electron chi connectivity index (χ4n) is 0.910. The summed E-state index contributed by atoms with van der Waals surface area (Å²) in [6.07, 6.45) is 1.41. The summed E-state index contributed by atoms with van der Waals surface area (Å²) >= 11 is 0.938. The highest BCUT2D eigenvalue weighted by Crippen LogP contribution is 2.14. The molecule has 0 atom stereocenters. The quantitative estimate of drug-likeness (QED) is 0.758. The molecule has 0 saturated heterocycles. The maximum atomic E-state index is 11.5. The van der Waals surface area contributed by atoms with E-state index in [1.807, 2.05) is 0 Å². The first-order chi connectivity index (χ1) is 7.27. The highest BCUT2D eigenvalue weighted by molar-refractivity contribution is 7.09. The van der Waals surface area contributed by atoms with E-state index in [1.165, 1.54) is 18.3 Å². The average Bonchev–Trinajstić information content (AvgIpc) is 2.71. The molecular formula is C7H5N5O2S. The van der Waals surface area contributed by atoms with Crippen LogP contribution < -0.4 is 5.32 Å². The van der Waals surface area contributed by atoms with Gasteiger partial charge < -0.3 is 5.11 Å². The van der Waals surface area contributed by atoms with Crippen molar-refractivity contribution in [2.24, 2.45) is 0 Å². The molecule has 1 amide bonds. The van der Waals surface area contributed by atoms with Crippen LogP contribution in [0, 0.1) is 0 Å². The molecule has 0 bridgehead atoms. The molecule has 8 heteroatoms. The van der Waals surface area contributed by atoms with Gasteiger partial charge in [0.05, 0.1) is 0 Å². The number of hydrogen-bond acceptors (Lipinski definition) is 7. The van der Waals surface area contributed by atoms with E-state index in [2.05, 4.69) is 25.1 Å². The molecule has 0 spiro atoms. The second kappa shape index (κ2) is 3.96. The van der Waals surface area contributed by atoms with Crippen molar-refractivity contribution in [3.8, 4) is 5.75 Å². The number of aromatic hydroxyl groups is 1. The van der Waals surface area contributed by atoms with Gasteiger partial charge in [0.25, 0.3) is 5.91 Å². The lowest BCUT2D eigenvalue weighted by Gasteiger charge is -2.01. The molecule has 0 aliphatic rings. The fraction of sp³-hybridized carbons (Fsp3) is 0. The summed E-state index contributed by atoms with van der Waals surface area (Å²) in [5, 5.41) is 18.8. The van der Waals surface area contributed by atoms with Gasteiger partial charge in [-0.25, -0.2) is 4.98 Å². The van der Waals surface area contributed by atoms with E-state index in [0.717, 1.165) is 11.5 Å². The Balaban J connectivity index is 2.19. The van der Waals surface area contributed by atoms with E-state index < -0.39 is 5.91 Å². The zero-order valence-corrected chi connectivity index (χ0v) is 8.10. The first-order valence-electron chi connectivity index (χ1n) is 3.88. The molecule has 0 unspecified atom stereocenters. The normalized spacial score (nSPS) is 9.87. The first kappa shape index (κ1) is 9.46. The third kappa shape index (κ3) is 2.05. The zero-order valence-electron chi connectivity index (χ0n) is 7.28. The summed E-state index contributed by atoms with van der Waals surface area (Å²) in [5.74, 6) is -0.737. The molecule has 0 fully saturated rings. The van der Waals surface area contributed by atoms with Gasteiger partial charge in [-0.3, -0.25) is 10.1 Å². The number of carbonyl (C=O) groups is 1. The number of pyridine rings is 1. The van der Waals surface area contributed by atoms with Gasteiger partial charge in [0.2, 0.25) is 5.13 Å². The number of hydrogen-bond donors (Lipinski definition) is 2. The Bertz CT molecular complexity index is 472. The molecule has 0 radical (unpaired) electrons. The minimum absolute atomic E-state index is 0.0623. The Labute approximate surface area is 88.0 Å². The molecule has 7 nitrogen and oxygen atoms in total. The lowest BCUT2D eigenvalue weighted by Crippen LogP contribution is -2.13. The van der Waals surface area contributed by atoms with Crippen LogP contribution in [0.15, 0.2) is 18.3 Å². The van der Waals surface area contributed by atoms with E-state index in [9.17, 15) is 9.90 Å². The van der Waals surface area contributed by atoms with Gasteiger partial charge in [-0.2, -0.15) is 0 Å². The van der Waals surface area contributed by atoms with Gasteiger partial charge in [-0.1, -0.05) is 9.59 Å².